The van der Waals surface area contributed by atoms with Crippen molar-refractivity contribution in [2.75, 3.05) is 14.2 Å². The average molecular weight is 223 g/mol. The summed E-state index contributed by atoms with van der Waals surface area (Å²) in [6, 6.07) is 0. The number of hydrogen-bond acceptors (Lipinski definition) is 4. The molecule has 0 bridgehead atoms. The van der Waals surface area contributed by atoms with Gasteiger partial charge in [-0.1, -0.05) is 6.92 Å². The standard InChI is InChI=1S/C12H17NO3/c1-8(6-14)11-10(7-15-3)5-13-9(2)12(11)16-4/h5-6,8H,7H2,1-4H3. The van der Waals surface area contributed by atoms with Crippen LogP contribution in [0.3, 0.4) is 0 Å². The quantitative estimate of drug-likeness (QED) is 0.715. The first-order valence-corrected chi connectivity index (χ1v) is 5.12. The third kappa shape index (κ3) is 2.39. The number of aryl methyl sites for hydroxylation is 1. The smallest absolute Gasteiger partial charge is 0.144 e. The first kappa shape index (κ1) is 12.6. The average Bonchev–Trinajstić information content (AvgIpc) is 2.30. The van der Waals surface area contributed by atoms with E-state index in [0.29, 0.717) is 12.4 Å². The van der Waals surface area contributed by atoms with E-state index in [4.69, 9.17) is 9.47 Å². The first-order valence-electron chi connectivity index (χ1n) is 5.12. The summed E-state index contributed by atoms with van der Waals surface area (Å²) >= 11 is 0. The van der Waals surface area contributed by atoms with Crippen molar-refractivity contribution in [3.63, 3.8) is 0 Å². The summed E-state index contributed by atoms with van der Waals surface area (Å²) in [5, 5.41) is 0. The molecule has 4 heteroatoms. The second kappa shape index (κ2) is 5.61. The van der Waals surface area contributed by atoms with Gasteiger partial charge in [-0.3, -0.25) is 4.98 Å². The van der Waals surface area contributed by atoms with E-state index in [1.54, 1.807) is 20.4 Å². The lowest BCUT2D eigenvalue weighted by Gasteiger charge is -2.17. The molecular weight excluding hydrogens is 206 g/mol. The fourth-order valence-corrected chi connectivity index (χ4v) is 1.74. The van der Waals surface area contributed by atoms with Crippen molar-refractivity contribution in [3.8, 4) is 5.75 Å². The highest BCUT2D eigenvalue weighted by molar-refractivity contribution is 5.65. The van der Waals surface area contributed by atoms with E-state index >= 15 is 0 Å². The Labute approximate surface area is 95.6 Å². The Morgan fingerprint density at radius 3 is 2.69 bits per heavy atom. The number of carbonyl (C=O) groups is 1. The van der Waals surface area contributed by atoms with Gasteiger partial charge >= 0.3 is 0 Å². The van der Waals surface area contributed by atoms with Crippen molar-refractivity contribution in [1.82, 2.24) is 4.98 Å². The molecule has 0 spiro atoms. The van der Waals surface area contributed by atoms with Crippen molar-refractivity contribution in [1.29, 1.82) is 0 Å². The van der Waals surface area contributed by atoms with Crippen LogP contribution >= 0.6 is 0 Å². The van der Waals surface area contributed by atoms with E-state index in [2.05, 4.69) is 4.98 Å². The Morgan fingerprint density at radius 2 is 2.19 bits per heavy atom. The molecule has 0 N–H and O–H groups in total. The Morgan fingerprint density at radius 1 is 1.50 bits per heavy atom. The topological polar surface area (TPSA) is 48.4 Å². The van der Waals surface area contributed by atoms with Gasteiger partial charge in [-0.15, -0.1) is 0 Å². The lowest BCUT2D eigenvalue weighted by Crippen LogP contribution is -2.07. The minimum absolute atomic E-state index is 0.221. The molecule has 1 rings (SSSR count). The first-order chi connectivity index (χ1) is 7.65. The summed E-state index contributed by atoms with van der Waals surface area (Å²) in [6.07, 6.45) is 2.63. The Balaban J connectivity index is 3.34. The number of pyridine rings is 1. The molecule has 0 radical (unpaired) electrons. The fourth-order valence-electron chi connectivity index (χ4n) is 1.74. The second-order valence-electron chi connectivity index (χ2n) is 3.67. The van der Waals surface area contributed by atoms with Gasteiger partial charge in [0.2, 0.25) is 0 Å². The summed E-state index contributed by atoms with van der Waals surface area (Å²) in [7, 11) is 3.20. The third-order valence-corrected chi connectivity index (χ3v) is 2.50. The Hall–Kier alpha value is -1.42. The number of aromatic nitrogens is 1. The summed E-state index contributed by atoms with van der Waals surface area (Å²) in [5.41, 5.74) is 2.54. The molecule has 1 unspecified atom stereocenters. The van der Waals surface area contributed by atoms with Crippen molar-refractivity contribution in [2.24, 2.45) is 0 Å². The van der Waals surface area contributed by atoms with Crippen molar-refractivity contribution < 1.29 is 14.3 Å². The van der Waals surface area contributed by atoms with Gasteiger partial charge in [0.25, 0.3) is 0 Å². The zero-order valence-electron chi connectivity index (χ0n) is 10.1. The van der Waals surface area contributed by atoms with Gasteiger partial charge in [0, 0.05) is 30.4 Å². The van der Waals surface area contributed by atoms with E-state index in [1.165, 1.54) is 0 Å². The highest BCUT2D eigenvalue weighted by atomic mass is 16.5. The molecule has 0 aliphatic heterocycles. The molecule has 0 aliphatic carbocycles. The predicted octanol–water partition coefficient (Wildman–Crippen LogP) is 1.85. The minimum atomic E-state index is -0.221. The molecule has 1 heterocycles. The molecular formula is C12H17NO3. The normalized spacial score (nSPS) is 12.2. The van der Waals surface area contributed by atoms with Gasteiger partial charge in [0.15, 0.2) is 0 Å². The highest BCUT2D eigenvalue weighted by Crippen LogP contribution is 2.31. The van der Waals surface area contributed by atoms with E-state index < -0.39 is 0 Å². The maximum Gasteiger partial charge on any atom is 0.144 e. The molecule has 0 aromatic carbocycles. The van der Waals surface area contributed by atoms with Crippen LogP contribution in [0.4, 0.5) is 0 Å². The van der Waals surface area contributed by atoms with Crippen LogP contribution in [0.15, 0.2) is 6.20 Å². The van der Waals surface area contributed by atoms with E-state index in [0.717, 1.165) is 23.1 Å². The molecule has 88 valence electrons. The van der Waals surface area contributed by atoms with Crippen LogP contribution in [0, 0.1) is 6.92 Å². The summed E-state index contributed by atoms with van der Waals surface area (Å²) < 4.78 is 10.4. The van der Waals surface area contributed by atoms with Gasteiger partial charge in [0.05, 0.1) is 19.4 Å². The summed E-state index contributed by atoms with van der Waals surface area (Å²) in [5.74, 6) is 0.455. The zero-order chi connectivity index (χ0) is 12.1. The molecule has 0 amide bonds. The SMILES string of the molecule is COCc1cnc(C)c(OC)c1C(C)C=O. The van der Waals surface area contributed by atoms with Crippen LogP contribution in [0.2, 0.25) is 0 Å². The molecule has 16 heavy (non-hydrogen) atoms. The minimum Gasteiger partial charge on any atom is -0.495 e. The number of ether oxygens (including phenoxy) is 2. The molecule has 0 saturated heterocycles. The maximum absolute atomic E-state index is 10.9. The Bertz CT molecular complexity index is 377. The van der Waals surface area contributed by atoms with E-state index in [1.807, 2.05) is 13.8 Å². The zero-order valence-corrected chi connectivity index (χ0v) is 10.1. The van der Waals surface area contributed by atoms with Gasteiger partial charge in [-0.2, -0.15) is 0 Å². The van der Waals surface area contributed by atoms with Crippen molar-refractivity contribution in [3.05, 3.63) is 23.0 Å². The molecule has 1 atom stereocenters. The lowest BCUT2D eigenvalue weighted by atomic mass is 9.96. The number of nitrogens with zero attached hydrogens (tertiary/aromatic N) is 1. The molecule has 1 aromatic rings. The number of carbonyl (C=O) groups excluding carboxylic acids is 1. The molecule has 0 aliphatic rings. The van der Waals surface area contributed by atoms with Gasteiger partial charge < -0.3 is 14.3 Å². The number of aldehydes is 1. The van der Waals surface area contributed by atoms with Crippen molar-refractivity contribution >= 4 is 6.29 Å². The van der Waals surface area contributed by atoms with E-state index in [-0.39, 0.29) is 5.92 Å². The largest absolute Gasteiger partial charge is 0.495 e. The Kier molecular flexibility index (Phi) is 4.43. The van der Waals surface area contributed by atoms with Crippen LogP contribution < -0.4 is 4.74 Å². The van der Waals surface area contributed by atoms with Crippen LogP contribution in [0.5, 0.6) is 5.75 Å². The monoisotopic (exact) mass is 223 g/mol. The molecule has 4 nitrogen and oxygen atoms in total. The lowest BCUT2D eigenvalue weighted by molar-refractivity contribution is -0.108. The van der Waals surface area contributed by atoms with Crippen LogP contribution in [-0.4, -0.2) is 25.5 Å². The number of rotatable bonds is 5. The number of hydrogen-bond donors (Lipinski definition) is 0. The predicted molar refractivity (Wildman–Crippen MR) is 60.7 cm³/mol. The molecule has 0 fully saturated rings. The fraction of sp³-hybridized carbons (Fsp3) is 0.500. The number of methoxy groups -OCH3 is 2. The summed E-state index contributed by atoms with van der Waals surface area (Å²) in [4.78, 5) is 15.1. The van der Waals surface area contributed by atoms with Gasteiger partial charge in [-0.25, -0.2) is 0 Å². The van der Waals surface area contributed by atoms with Crippen LogP contribution in [0.1, 0.15) is 29.7 Å². The van der Waals surface area contributed by atoms with Gasteiger partial charge in [0.1, 0.15) is 12.0 Å². The van der Waals surface area contributed by atoms with Gasteiger partial charge in [-0.05, 0) is 6.92 Å². The second-order valence-corrected chi connectivity index (χ2v) is 3.67. The van der Waals surface area contributed by atoms with E-state index in [9.17, 15) is 4.79 Å². The highest BCUT2D eigenvalue weighted by Gasteiger charge is 2.18. The summed E-state index contributed by atoms with van der Waals surface area (Å²) in [6.45, 7) is 4.12. The molecule has 1 aromatic heterocycles. The van der Waals surface area contributed by atoms with Crippen LogP contribution in [0.25, 0.3) is 0 Å². The van der Waals surface area contributed by atoms with Crippen LogP contribution in [-0.2, 0) is 16.1 Å². The molecule has 0 saturated carbocycles. The van der Waals surface area contributed by atoms with Crippen molar-refractivity contribution in [2.45, 2.75) is 26.4 Å². The third-order valence-electron chi connectivity index (χ3n) is 2.50. The maximum atomic E-state index is 10.9.